The third kappa shape index (κ3) is 5.42. The van der Waals surface area contributed by atoms with Crippen LogP contribution in [0.15, 0.2) is 42.5 Å². The quantitative estimate of drug-likeness (QED) is 0.775. The monoisotopic (exact) mass is 414 g/mol. The number of piperazine rings is 1. The molecule has 0 atom stereocenters. The lowest BCUT2D eigenvalue weighted by molar-refractivity contribution is 0.0240. The van der Waals surface area contributed by atoms with Crippen LogP contribution in [-0.4, -0.2) is 42.8 Å². The molecule has 1 amide bonds. The number of rotatable bonds is 5. The second-order valence-corrected chi connectivity index (χ2v) is 8.41. The van der Waals surface area contributed by atoms with Crippen LogP contribution in [0.3, 0.4) is 0 Å². The van der Waals surface area contributed by atoms with Crippen molar-refractivity contribution in [1.29, 1.82) is 0 Å². The van der Waals surface area contributed by atoms with Crippen LogP contribution >= 0.6 is 0 Å². The summed E-state index contributed by atoms with van der Waals surface area (Å²) in [5.74, 6) is -0.228. The van der Waals surface area contributed by atoms with Crippen molar-refractivity contribution >= 4 is 17.5 Å². The Labute approximate surface area is 177 Å². The molecule has 0 unspecified atom stereocenters. The van der Waals surface area contributed by atoms with Crippen LogP contribution in [0.25, 0.3) is 0 Å². The van der Waals surface area contributed by atoms with Gasteiger partial charge in [0.2, 0.25) is 0 Å². The molecule has 0 aromatic heterocycles. The highest BCUT2D eigenvalue weighted by Crippen LogP contribution is 2.29. The molecule has 1 saturated heterocycles. The number of nitrogens with zero attached hydrogens (tertiary/aromatic N) is 2. The van der Waals surface area contributed by atoms with Gasteiger partial charge in [0.25, 0.3) is 0 Å². The summed E-state index contributed by atoms with van der Waals surface area (Å²) in [6, 6.07) is 12.7. The fourth-order valence-electron chi connectivity index (χ4n) is 3.54. The number of nitrogens with one attached hydrogen (secondary N) is 1. The number of halogens is 1. The molecule has 2 aromatic carbocycles. The van der Waals surface area contributed by atoms with Crippen LogP contribution < -0.4 is 16.0 Å². The number of anilines is 2. The summed E-state index contributed by atoms with van der Waals surface area (Å²) in [5, 5.41) is 3.32. The second-order valence-electron chi connectivity index (χ2n) is 8.41. The number of hydrogen-bond acceptors (Lipinski definition) is 5. The summed E-state index contributed by atoms with van der Waals surface area (Å²) in [6.07, 6.45) is -0.276. The first-order chi connectivity index (χ1) is 14.3. The van der Waals surface area contributed by atoms with E-state index in [4.69, 9.17) is 10.5 Å². The number of hydrogen-bond donors (Lipinski definition) is 2. The predicted molar refractivity (Wildman–Crippen MR) is 118 cm³/mol. The molecule has 1 aliphatic heterocycles. The number of nitrogens with two attached hydrogens (primary N) is 1. The Bertz CT molecular complexity index is 874. The lowest BCUT2D eigenvalue weighted by atomic mass is 10.1. The van der Waals surface area contributed by atoms with E-state index in [1.165, 1.54) is 6.07 Å². The normalized spacial score (nSPS) is 14.6. The Morgan fingerprint density at radius 3 is 2.43 bits per heavy atom. The minimum atomic E-state index is -0.501. The van der Waals surface area contributed by atoms with Crippen molar-refractivity contribution in [3.63, 3.8) is 0 Å². The first-order valence-electron chi connectivity index (χ1n) is 10.3. The number of amides is 1. The van der Waals surface area contributed by atoms with Gasteiger partial charge in [0.15, 0.2) is 0 Å². The highest BCUT2D eigenvalue weighted by molar-refractivity contribution is 5.70. The molecule has 0 saturated carbocycles. The summed E-state index contributed by atoms with van der Waals surface area (Å²) in [7, 11) is 0. The van der Waals surface area contributed by atoms with Crippen LogP contribution in [0.1, 0.15) is 31.9 Å². The van der Waals surface area contributed by atoms with Gasteiger partial charge in [-0.15, -0.1) is 0 Å². The van der Waals surface area contributed by atoms with Crippen molar-refractivity contribution in [1.82, 2.24) is 4.90 Å². The van der Waals surface area contributed by atoms with Gasteiger partial charge in [0, 0.05) is 61.8 Å². The molecule has 0 spiro atoms. The molecule has 0 radical (unpaired) electrons. The predicted octanol–water partition coefficient (Wildman–Crippen LogP) is 3.95. The van der Waals surface area contributed by atoms with E-state index in [0.717, 1.165) is 16.9 Å². The third-order valence-electron chi connectivity index (χ3n) is 5.05. The smallest absolute Gasteiger partial charge is 0.410 e. The molecule has 3 rings (SSSR count). The lowest BCUT2D eigenvalue weighted by Gasteiger charge is -2.37. The van der Waals surface area contributed by atoms with Gasteiger partial charge in [-0.25, -0.2) is 9.18 Å². The zero-order chi connectivity index (χ0) is 21.7. The van der Waals surface area contributed by atoms with Gasteiger partial charge in [-0.1, -0.05) is 24.3 Å². The van der Waals surface area contributed by atoms with Gasteiger partial charge < -0.3 is 25.6 Å². The van der Waals surface area contributed by atoms with Crippen molar-refractivity contribution in [2.45, 2.75) is 39.5 Å². The summed E-state index contributed by atoms with van der Waals surface area (Å²) < 4.78 is 19.4. The fourth-order valence-corrected chi connectivity index (χ4v) is 3.54. The highest BCUT2D eigenvalue weighted by Gasteiger charge is 2.26. The van der Waals surface area contributed by atoms with E-state index in [2.05, 4.69) is 10.2 Å². The molecule has 0 aliphatic carbocycles. The highest BCUT2D eigenvalue weighted by atomic mass is 19.1. The summed E-state index contributed by atoms with van der Waals surface area (Å²) in [4.78, 5) is 16.3. The van der Waals surface area contributed by atoms with E-state index in [1.807, 2.05) is 45.0 Å². The molecule has 1 aliphatic rings. The van der Waals surface area contributed by atoms with Crippen molar-refractivity contribution in [2.24, 2.45) is 5.73 Å². The first kappa shape index (κ1) is 21.9. The maximum Gasteiger partial charge on any atom is 0.410 e. The maximum absolute atomic E-state index is 13.9. The number of carbonyl (C=O) groups excluding carboxylic acids is 1. The third-order valence-corrected chi connectivity index (χ3v) is 5.05. The Kier molecular flexibility index (Phi) is 6.82. The van der Waals surface area contributed by atoms with E-state index in [0.29, 0.717) is 44.8 Å². The van der Waals surface area contributed by atoms with Gasteiger partial charge in [0.1, 0.15) is 11.4 Å². The summed E-state index contributed by atoms with van der Waals surface area (Å²) in [5.41, 5.74) is 9.11. The number of carbonyl (C=O) groups is 1. The molecule has 162 valence electrons. The Hall–Kier alpha value is -2.80. The standard InChI is InChI=1S/C23H31FN4O2/c1-23(2,3)30-22(29)28-13-11-27(12-14-28)21-10-6-9-20(18(21)15-25)26-16-17-7-4-5-8-19(17)24/h4-10,26H,11-16,25H2,1-3H3. The number of ether oxygens (including phenoxy) is 1. The topological polar surface area (TPSA) is 70.8 Å². The summed E-state index contributed by atoms with van der Waals surface area (Å²) in [6.45, 7) is 8.93. The van der Waals surface area contributed by atoms with Crippen molar-refractivity contribution in [3.8, 4) is 0 Å². The zero-order valence-electron chi connectivity index (χ0n) is 18.0. The van der Waals surface area contributed by atoms with Crippen molar-refractivity contribution in [3.05, 3.63) is 59.4 Å². The van der Waals surface area contributed by atoms with Crippen LogP contribution in [0.2, 0.25) is 0 Å². The Morgan fingerprint density at radius 2 is 1.80 bits per heavy atom. The molecule has 30 heavy (non-hydrogen) atoms. The van der Waals surface area contributed by atoms with Crippen molar-refractivity contribution in [2.75, 3.05) is 36.4 Å². The van der Waals surface area contributed by atoms with Gasteiger partial charge in [-0.3, -0.25) is 0 Å². The molecule has 3 N–H and O–H groups in total. The molecular weight excluding hydrogens is 383 g/mol. The van der Waals surface area contributed by atoms with Crippen LogP contribution in [0, 0.1) is 5.82 Å². The van der Waals surface area contributed by atoms with E-state index in [-0.39, 0.29) is 11.9 Å². The number of benzene rings is 2. The molecular formula is C23H31FN4O2. The van der Waals surface area contributed by atoms with Gasteiger partial charge in [-0.05, 0) is 39.0 Å². The van der Waals surface area contributed by atoms with Gasteiger partial charge >= 0.3 is 6.09 Å². The molecule has 1 heterocycles. The molecule has 2 aromatic rings. The first-order valence-corrected chi connectivity index (χ1v) is 10.3. The minimum absolute atomic E-state index is 0.228. The maximum atomic E-state index is 13.9. The van der Waals surface area contributed by atoms with E-state index >= 15 is 0 Å². The molecule has 0 bridgehead atoms. The largest absolute Gasteiger partial charge is 0.444 e. The van der Waals surface area contributed by atoms with Gasteiger partial charge in [-0.2, -0.15) is 0 Å². The van der Waals surface area contributed by atoms with E-state index < -0.39 is 5.60 Å². The molecule has 7 heteroatoms. The van der Waals surface area contributed by atoms with Gasteiger partial charge in [0.05, 0.1) is 0 Å². The minimum Gasteiger partial charge on any atom is -0.444 e. The average Bonchev–Trinajstić information content (AvgIpc) is 2.71. The fraction of sp³-hybridized carbons (Fsp3) is 0.435. The van der Waals surface area contributed by atoms with Crippen LogP contribution in [0.5, 0.6) is 0 Å². The van der Waals surface area contributed by atoms with E-state index in [1.54, 1.807) is 17.0 Å². The SMILES string of the molecule is CC(C)(C)OC(=O)N1CCN(c2cccc(NCc3ccccc3F)c2CN)CC1. The second kappa shape index (κ2) is 9.34. The van der Waals surface area contributed by atoms with E-state index in [9.17, 15) is 9.18 Å². The summed E-state index contributed by atoms with van der Waals surface area (Å²) >= 11 is 0. The Balaban J connectivity index is 1.68. The molecule has 6 nitrogen and oxygen atoms in total. The average molecular weight is 415 g/mol. The molecule has 1 fully saturated rings. The van der Waals surface area contributed by atoms with Crippen LogP contribution in [-0.2, 0) is 17.8 Å². The van der Waals surface area contributed by atoms with Crippen LogP contribution in [0.4, 0.5) is 20.6 Å². The van der Waals surface area contributed by atoms with Crippen molar-refractivity contribution < 1.29 is 13.9 Å². The Morgan fingerprint density at radius 1 is 1.10 bits per heavy atom. The lowest BCUT2D eigenvalue weighted by Crippen LogP contribution is -2.50. The zero-order valence-corrected chi connectivity index (χ0v) is 18.0.